The van der Waals surface area contributed by atoms with Crippen LogP contribution in [-0.2, 0) is 14.8 Å². The molecular formula is C10H13ClN2O3S. The molecule has 1 aromatic rings. The third kappa shape index (κ3) is 2.55. The molecule has 1 aromatic carbocycles. The van der Waals surface area contributed by atoms with Gasteiger partial charge in [0.05, 0.1) is 28.8 Å². The van der Waals surface area contributed by atoms with Gasteiger partial charge in [-0.05, 0) is 18.2 Å². The molecule has 2 N–H and O–H groups in total. The Kier molecular flexibility index (Phi) is 3.58. The van der Waals surface area contributed by atoms with Gasteiger partial charge in [-0.1, -0.05) is 11.6 Å². The number of hydrogen-bond donors (Lipinski definition) is 1. The minimum Gasteiger partial charge on any atom is -0.398 e. The first-order valence-corrected chi connectivity index (χ1v) is 6.96. The molecule has 5 nitrogen and oxygen atoms in total. The van der Waals surface area contributed by atoms with Crippen LogP contribution in [0.1, 0.15) is 0 Å². The zero-order valence-electron chi connectivity index (χ0n) is 9.10. The largest absolute Gasteiger partial charge is 0.398 e. The van der Waals surface area contributed by atoms with Gasteiger partial charge in [0.25, 0.3) is 0 Å². The van der Waals surface area contributed by atoms with Gasteiger partial charge in [0.1, 0.15) is 0 Å². The van der Waals surface area contributed by atoms with Crippen LogP contribution in [0.5, 0.6) is 0 Å². The van der Waals surface area contributed by atoms with Crippen LogP contribution in [0, 0.1) is 0 Å². The highest BCUT2D eigenvalue weighted by molar-refractivity contribution is 7.89. The minimum atomic E-state index is -3.49. The average molecular weight is 277 g/mol. The average Bonchev–Trinajstić information content (AvgIpc) is 2.33. The van der Waals surface area contributed by atoms with E-state index in [4.69, 9.17) is 22.1 Å². The van der Waals surface area contributed by atoms with Gasteiger partial charge in [-0.3, -0.25) is 0 Å². The fourth-order valence-corrected chi connectivity index (χ4v) is 3.28. The lowest BCUT2D eigenvalue weighted by Gasteiger charge is -2.26. The van der Waals surface area contributed by atoms with Crippen molar-refractivity contribution in [2.45, 2.75) is 4.90 Å². The lowest BCUT2D eigenvalue weighted by molar-refractivity contribution is 0.0730. The Morgan fingerprint density at radius 2 is 1.94 bits per heavy atom. The van der Waals surface area contributed by atoms with Crippen LogP contribution in [0.15, 0.2) is 23.1 Å². The third-order valence-corrected chi connectivity index (χ3v) is 4.80. The molecule has 0 unspecified atom stereocenters. The van der Waals surface area contributed by atoms with E-state index in [1.807, 2.05) is 0 Å². The first-order chi connectivity index (χ1) is 8.01. The molecule has 0 amide bonds. The molecule has 1 fully saturated rings. The molecule has 1 aliphatic heterocycles. The van der Waals surface area contributed by atoms with Crippen LogP contribution in [0.2, 0.25) is 5.02 Å². The summed E-state index contributed by atoms with van der Waals surface area (Å²) < 4.78 is 31.0. The van der Waals surface area contributed by atoms with Crippen molar-refractivity contribution < 1.29 is 13.2 Å². The first-order valence-electron chi connectivity index (χ1n) is 5.15. The predicted octanol–water partition coefficient (Wildman–Crippen LogP) is 0.943. The molecule has 1 heterocycles. The monoisotopic (exact) mass is 276 g/mol. The summed E-state index contributed by atoms with van der Waals surface area (Å²) in [6, 6.07) is 4.34. The number of nitrogen functional groups attached to an aromatic ring is 1. The molecule has 0 saturated carbocycles. The summed E-state index contributed by atoms with van der Waals surface area (Å²) >= 11 is 5.83. The van der Waals surface area contributed by atoms with Crippen molar-refractivity contribution in [3.63, 3.8) is 0 Å². The molecule has 1 aliphatic rings. The summed E-state index contributed by atoms with van der Waals surface area (Å²) in [5.74, 6) is 0. The lowest BCUT2D eigenvalue weighted by atomic mass is 10.3. The van der Waals surface area contributed by atoms with E-state index in [0.717, 1.165) is 0 Å². The van der Waals surface area contributed by atoms with Crippen LogP contribution in [0.25, 0.3) is 0 Å². The van der Waals surface area contributed by atoms with Crippen LogP contribution in [0.4, 0.5) is 5.69 Å². The zero-order valence-corrected chi connectivity index (χ0v) is 10.7. The number of nitrogens with zero attached hydrogens (tertiary/aromatic N) is 1. The number of halogens is 1. The van der Waals surface area contributed by atoms with E-state index in [1.54, 1.807) is 0 Å². The Morgan fingerprint density at radius 3 is 2.53 bits per heavy atom. The Labute approximate surface area is 105 Å². The number of rotatable bonds is 2. The molecule has 0 bridgehead atoms. The number of nitrogens with two attached hydrogens (primary N) is 1. The maximum absolute atomic E-state index is 12.2. The molecule has 0 atom stereocenters. The predicted molar refractivity (Wildman–Crippen MR) is 65.4 cm³/mol. The highest BCUT2D eigenvalue weighted by Gasteiger charge is 2.26. The Morgan fingerprint density at radius 1 is 1.29 bits per heavy atom. The first kappa shape index (κ1) is 12.6. The summed E-state index contributed by atoms with van der Waals surface area (Å²) in [5.41, 5.74) is 5.92. The standard InChI is InChI=1S/C10H13ClN2O3S/c11-9-7-8(1-2-10(9)12)17(14,15)13-3-5-16-6-4-13/h1-2,7H,3-6,12H2. The summed E-state index contributed by atoms with van der Waals surface area (Å²) in [7, 11) is -3.49. The molecule has 0 radical (unpaired) electrons. The molecule has 17 heavy (non-hydrogen) atoms. The number of ether oxygens (including phenoxy) is 1. The normalized spacial score (nSPS) is 18.2. The molecule has 1 saturated heterocycles. The number of morpholine rings is 1. The van der Waals surface area contributed by atoms with Crippen LogP contribution >= 0.6 is 11.6 Å². The Hall–Kier alpha value is -0.820. The molecule has 0 spiro atoms. The van der Waals surface area contributed by atoms with E-state index >= 15 is 0 Å². The highest BCUT2D eigenvalue weighted by atomic mass is 35.5. The highest BCUT2D eigenvalue weighted by Crippen LogP contribution is 2.24. The molecule has 94 valence electrons. The fraction of sp³-hybridized carbons (Fsp3) is 0.400. The molecule has 7 heteroatoms. The number of sulfonamides is 1. The molecule has 0 aliphatic carbocycles. The van der Waals surface area contributed by atoms with Crippen molar-refractivity contribution in [3.05, 3.63) is 23.2 Å². The van der Waals surface area contributed by atoms with Crippen molar-refractivity contribution in [2.75, 3.05) is 32.0 Å². The maximum Gasteiger partial charge on any atom is 0.243 e. The topological polar surface area (TPSA) is 72.6 Å². The Balaban J connectivity index is 2.33. The van der Waals surface area contributed by atoms with Gasteiger partial charge in [-0.15, -0.1) is 0 Å². The maximum atomic E-state index is 12.2. The second-order valence-electron chi connectivity index (χ2n) is 3.70. The zero-order chi connectivity index (χ0) is 12.5. The van der Waals surface area contributed by atoms with E-state index in [9.17, 15) is 8.42 Å². The summed E-state index contributed by atoms with van der Waals surface area (Å²) in [6.45, 7) is 1.57. The van der Waals surface area contributed by atoms with Gasteiger partial charge in [-0.2, -0.15) is 4.31 Å². The van der Waals surface area contributed by atoms with Crippen molar-refractivity contribution in [1.82, 2.24) is 4.31 Å². The fourth-order valence-electron chi connectivity index (χ4n) is 1.60. The number of hydrogen-bond acceptors (Lipinski definition) is 4. The lowest BCUT2D eigenvalue weighted by Crippen LogP contribution is -2.40. The van der Waals surface area contributed by atoms with E-state index < -0.39 is 10.0 Å². The van der Waals surface area contributed by atoms with E-state index in [0.29, 0.717) is 32.0 Å². The van der Waals surface area contributed by atoms with Crippen LogP contribution in [-0.4, -0.2) is 39.0 Å². The second-order valence-corrected chi connectivity index (χ2v) is 6.04. The number of anilines is 1. The summed E-state index contributed by atoms with van der Waals surface area (Å²) in [5, 5.41) is 0.249. The van der Waals surface area contributed by atoms with E-state index in [1.165, 1.54) is 22.5 Å². The van der Waals surface area contributed by atoms with Crippen molar-refractivity contribution in [2.24, 2.45) is 0 Å². The molecule has 0 aromatic heterocycles. The Bertz CT molecular complexity index is 512. The van der Waals surface area contributed by atoms with Crippen molar-refractivity contribution in [3.8, 4) is 0 Å². The van der Waals surface area contributed by atoms with Crippen molar-refractivity contribution in [1.29, 1.82) is 0 Å². The van der Waals surface area contributed by atoms with Gasteiger partial charge in [-0.25, -0.2) is 8.42 Å². The molecule has 2 rings (SSSR count). The minimum absolute atomic E-state index is 0.165. The second kappa shape index (κ2) is 4.81. The van der Waals surface area contributed by atoms with Gasteiger partial charge in [0.15, 0.2) is 0 Å². The van der Waals surface area contributed by atoms with Crippen LogP contribution in [0.3, 0.4) is 0 Å². The summed E-state index contributed by atoms with van der Waals surface area (Å²) in [6.07, 6.45) is 0. The van der Waals surface area contributed by atoms with E-state index in [2.05, 4.69) is 0 Å². The van der Waals surface area contributed by atoms with Crippen LogP contribution < -0.4 is 5.73 Å². The van der Waals surface area contributed by atoms with Gasteiger partial charge in [0, 0.05) is 13.1 Å². The van der Waals surface area contributed by atoms with E-state index in [-0.39, 0.29) is 9.92 Å². The quantitative estimate of drug-likeness (QED) is 0.816. The third-order valence-electron chi connectivity index (χ3n) is 2.58. The summed E-state index contributed by atoms with van der Waals surface area (Å²) in [4.78, 5) is 0.165. The molecular weight excluding hydrogens is 264 g/mol. The number of benzene rings is 1. The van der Waals surface area contributed by atoms with Gasteiger partial charge in [0.2, 0.25) is 10.0 Å². The SMILES string of the molecule is Nc1ccc(S(=O)(=O)N2CCOCC2)cc1Cl. The smallest absolute Gasteiger partial charge is 0.243 e. The van der Waals surface area contributed by atoms with Crippen molar-refractivity contribution >= 4 is 27.3 Å². The van der Waals surface area contributed by atoms with Gasteiger partial charge >= 0.3 is 0 Å². The van der Waals surface area contributed by atoms with Gasteiger partial charge < -0.3 is 10.5 Å².